The molecule has 0 heterocycles. The quantitative estimate of drug-likeness (QED) is 0.154. The monoisotopic (exact) mass is 530 g/mol. The maximum Gasteiger partial charge on any atom is 0.0149 e. The van der Waals surface area contributed by atoms with E-state index in [0.717, 1.165) is 6.42 Å². The molecule has 0 amide bonds. The Balaban J connectivity index is 1.44. The van der Waals surface area contributed by atoms with Gasteiger partial charge in [-0.2, -0.15) is 0 Å². The Bertz CT molecular complexity index is 2460. The third kappa shape index (κ3) is 2.77. The largest absolute Gasteiger partial charge is 0.0751 e. The van der Waals surface area contributed by atoms with E-state index < -0.39 is 0 Å². The fourth-order valence-corrected chi connectivity index (χ4v) is 8.37. The molecule has 0 heteroatoms. The van der Waals surface area contributed by atoms with E-state index in [9.17, 15) is 0 Å². The summed E-state index contributed by atoms with van der Waals surface area (Å²) in [5, 5.41) is 12.4. The van der Waals surface area contributed by atoms with E-state index in [0.29, 0.717) is 5.92 Å². The van der Waals surface area contributed by atoms with Gasteiger partial charge in [-0.25, -0.2) is 0 Å². The minimum atomic E-state index is 0.320. The highest BCUT2D eigenvalue weighted by Gasteiger charge is 2.38. The van der Waals surface area contributed by atoms with Crippen LogP contribution in [-0.2, 0) is 0 Å². The van der Waals surface area contributed by atoms with Gasteiger partial charge in [-0.05, 0) is 99.2 Å². The number of benzene rings is 8. The summed E-state index contributed by atoms with van der Waals surface area (Å²) in [6.45, 7) is 0. The Hall–Kier alpha value is -5.20. The van der Waals surface area contributed by atoms with Crippen LogP contribution >= 0.6 is 0 Å². The van der Waals surface area contributed by atoms with E-state index in [1.54, 1.807) is 0 Å². The van der Waals surface area contributed by atoms with E-state index in [2.05, 4.69) is 140 Å². The van der Waals surface area contributed by atoms with Crippen molar-refractivity contribution in [3.05, 3.63) is 150 Å². The molecule has 8 aromatic rings. The first-order chi connectivity index (χ1) is 20.9. The molecule has 0 saturated heterocycles. The van der Waals surface area contributed by atoms with Crippen LogP contribution in [0.2, 0.25) is 0 Å². The van der Waals surface area contributed by atoms with Crippen molar-refractivity contribution in [3.63, 3.8) is 0 Å². The molecule has 42 heavy (non-hydrogen) atoms. The Morgan fingerprint density at radius 3 is 1.74 bits per heavy atom. The van der Waals surface area contributed by atoms with Crippen LogP contribution in [0.25, 0.3) is 82.5 Å². The summed E-state index contributed by atoms with van der Waals surface area (Å²) in [4.78, 5) is 0. The van der Waals surface area contributed by atoms with E-state index in [-0.39, 0.29) is 0 Å². The molecule has 2 aliphatic carbocycles. The molecule has 0 nitrogen and oxygen atoms in total. The van der Waals surface area contributed by atoms with Gasteiger partial charge in [0.2, 0.25) is 0 Å². The lowest BCUT2D eigenvalue weighted by molar-refractivity contribution is 0.883. The zero-order valence-corrected chi connectivity index (χ0v) is 23.1. The van der Waals surface area contributed by atoms with Crippen LogP contribution in [0.1, 0.15) is 23.5 Å². The SMILES string of the molecule is C1=c2c3cccc4cccc(c5ccc6c(c25)C(C1)c1c-6c(-c2ccccc2)c2ccccc2c1-c1ccccc1)c43. The molecule has 10 rings (SSSR count). The second-order valence-electron chi connectivity index (χ2n) is 11.9. The molecule has 0 bridgehead atoms. The molecule has 1 unspecified atom stereocenters. The minimum Gasteiger partial charge on any atom is -0.0751 e. The van der Waals surface area contributed by atoms with Gasteiger partial charge < -0.3 is 0 Å². The third-order valence-electron chi connectivity index (χ3n) is 9.90. The molecule has 0 N–H and O–H groups in total. The van der Waals surface area contributed by atoms with Crippen molar-refractivity contribution >= 4 is 49.2 Å². The average molecular weight is 531 g/mol. The number of rotatable bonds is 2. The van der Waals surface area contributed by atoms with Gasteiger partial charge in [0.15, 0.2) is 0 Å². The smallest absolute Gasteiger partial charge is 0.0149 e. The first-order valence-electron chi connectivity index (χ1n) is 15.0. The summed E-state index contributed by atoms with van der Waals surface area (Å²) in [7, 11) is 0. The van der Waals surface area contributed by atoms with Crippen LogP contribution in [0, 0.1) is 0 Å². The van der Waals surface area contributed by atoms with E-state index >= 15 is 0 Å². The Morgan fingerprint density at radius 2 is 1.00 bits per heavy atom. The molecule has 0 aliphatic heterocycles. The van der Waals surface area contributed by atoms with E-state index in [4.69, 9.17) is 0 Å². The lowest BCUT2D eigenvalue weighted by Crippen LogP contribution is -2.15. The van der Waals surface area contributed by atoms with Gasteiger partial charge in [-0.15, -0.1) is 0 Å². The highest BCUT2D eigenvalue weighted by Crippen LogP contribution is 2.59. The third-order valence-corrected chi connectivity index (χ3v) is 9.90. The zero-order chi connectivity index (χ0) is 27.4. The molecule has 1 atom stereocenters. The predicted molar refractivity (Wildman–Crippen MR) is 179 cm³/mol. The fraction of sp³-hybridized carbons (Fsp3) is 0.0476. The maximum absolute atomic E-state index is 2.55. The Morgan fingerprint density at radius 1 is 0.405 bits per heavy atom. The Kier molecular flexibility index (Phi) is 4.38. The molecule has 0 aromatic heterocycles. The van der Waals surface area contributed by atoms with Crippen molar-refractivity contribution in [1.82, 2.24) is 0 Å². The maximum atomic E-state index is 2.55. The highest BCUT2D eigenvalue weighted by molar-refractivity contribution is 6.24. The van der Waals surface area contributed by atoms with Crippen LogP contribution < -0.4 is 5.22 Å². The molecule has 0 radical (unpaired) electrons. The van der Waals surface area contributed by atoms with Gasteiger partial charge in [-0.1, -0.05) is 140 Å². The van der Waals surface area contributed by atoms with Gasteiger partial charge in [0.25, 0.3) is 0 Å². The normalized spacial score (nSPS) is 15.0. The van der Waals surface area contributed by atoms with Crippen molar-refractivity contribution in [2.24, 2.45) is 0 Å². The highest BCUT2D eigenvalue weighted by atomic mass is 14.4. The molecule has 8 aromatic carbocycles. The van der Waals surface area contributed by atoms with Gasteiger partial charge in [0, 0.05) is 5.92 Å². The zero-order valence-electron chi connectivity index (χ0n) is 23.1. The number of hydrogen-bond donors (Lipinski definition) is 0. The van der Waals surface area contributed by atoms with Gasteiger partial charge in [0.05, 0.1) is 0 Å². The molecular weight excluding hydrogens is 504 g/mol. The van der Waals surface area contributed by atoms with Crippen molar-refractivity contribution in [2.75, 3.05) is 0 Å². The lowest BCUT2D eigenvalue weighted by atomic mass is 9.79. The molecule has 0 spiro atoms. The van der Waals surface area contributed by atoms with Crippen molar-refractivity contribution < 1.29 is 0 Å². The number of hydrogen-bond acceptors (Lipinski definition) is 0. The summed E-state index contributed by atoms with van der Waals surface area (Å²) < 4.78 is 0. The fourth-order valence-electron chi connectivity index (χ4n) is 8.37. The van der Waals surface area contributed by atoms with Crippen LogP contribution in [0.15, 0.2) is 133 Å². The van der Waals surface area contributed by atoms with Crippen LogP contribution in [0.4, 0.5) is 0 Å². The van der Waals surface area contributed by atoms with Gasteiger partial charge in [-0.3, -0.25) is 0 Å². The summed E-state index contributed by atoms with van der Waals surface area (Å²) in [5.74, 6) is 0.320. The Labute approximate surface area is 244 Å². The van der Waals surface area contributed by atoms with Crippen LogP contribution in [-0.4, -0.2) is 0 Å². The van der Waals surface area contributed by atoms with Crippen molar-refractivity contribution in [1.29, 1.82) is 0 Å². The van der Waals surface area contributed by atoms with Crippen LogP contribution in [0.3, 0.4) is 0 Å². The molecule has 2 aliphatic rings. The molecular formula is C42H26. The molecule has 194 valence electrons. The predicted octanol–water partition coefficient (Wildman–Crippen LogP) is 10.6. The van der Waals surface area contributed by atoms with Crippen LogP contribution in [0.5, 0.6) is 0 Å². The second-order valence-corrected chi connectivity index (χ2v) is 11.9. The minimum absolute atomic E-state index is 0.320. The first-order valence-corrected chi connectivity index (χ1v) is 15.0. The first kappa shape index (κ1) is 22.5. The lowest BCUT2D eigenvalue weighted by Gasteiger charge is -2.24. The summed E-state index contributed by atoms with van der Waals surface area (Å²) in [6, 6.07) is 49.7. The molecule has 0 fully saturated rings. The van der Waals surface area contributed by atoms with Gasteiger partial charge >= 0.3 is 0 Å². The van der Waals surface area contributed by atoms with E-state index in [1.165, 1.54) is 92.8 Å². The van der Waals surface area contributed by atoms with Crippen molar-refractivity contribution in [3.8, 4) is 33.4 Å². The summed E-state index contributed by atoms with van der Waals surface area (Å²) in [5.41, 5.74) is 11.2. The average Bonchev–Trinajstić information content (AvgIpc) is 3.39. The van der Waals surface area contributed by atoms with E-state index in [1.807, 2.05) is 0 Å². The van der Waals surface area contributed by atoms with Gasteiger partial charge in [0.1, 0.15) is 0 Å². The number of fused-ring (bicyclic) bond motifs is 6. The van der Waals surface area contributed by atoms with Crippen molar-refractivity contribution in [2.45, 2.75) is 12.3 Å². The summed E-state index contributed by atoms with van der Waals surface area (Å²) >= 11 is 0. The standard InChI is InChI=1S/C42H26/c1-3-11-26(12-4-1)37-30-17-7-8-18-31(30)38(27-13-5-2-6-14-27)42-35-24-22-33-29-20-10-16-25-15-9-19-28(36(25)29)32-21-23-34(41(37)42)40(35)39(32)33/h1-23,35H,24H2. The second kappa shape index (κ2) is 8.18. The topological polar surface area (TPSA) is 0 Å². The summed E-state index contributed by atoms with van der Waals surface area (Å²) in [6.07, 6.45) is 3.56. The molecule has 0 saturated carbocycles.